The first-order valence-electron chi connectivity index (χ1n) is 6.86. The molecule has 3 rings (SSSR count). The van der Waals surface area contributed by atoms with Gasteiger partial charge < -0.3 is 9.30 Å². The Balaban J connectivity index is 2.68. The molecule has 2 heterocycles. The van der Waals surface area contributed by atoms with E-state index in [4.69, 9.17) is 9.72 Å². The van der Waals surface area contributed by atoms with E-state index in [1.54, 1.807) is 7.11 Å². The third-order valence-corrected chi connectivity index (χ3v) is 4.35. The molecule has 1 aromatic carbocycles. The molecule has 0 N–H and O–H groups in total. The van der Waals surface area contributed by atoms with Crippen molar-refractivity contribution in [3.63, 3.8) is 0 Å². The van der Waals surface area contributed by atoms with Crippen molar-refractivity contribution >= 4 is 21.8 Å². The Labute approximate surface area is 119 Å². The standard InChI is InChI=1S/C17H20N2O/c1-9-7-10(2)18-17-14(20-6)8-13-16(15(9)17)11(3)12(4)19(13)5/h7-8H,1-6H3. The molecule has 0 atom stereocenters. The quantitative estimate of drug-likeness (QED) is 0.667. The van der Waals surface area contributed by atoms with Gasteiger partial charge in [-0.1, -0.05) is 0 Å². The molecule has 20 heavy (non-hydrogen) atoms. The van der Waals surface area contributed by atoms with Crippen molar-refractivity contribution in [2.45, 2.75) is 27.7 Å². The molecule has 0 amide bonds. The maximum atomic E-state index is 5.57. The number of aromatic nitrogens is 2. The SMILES string of the molecule is COc1cc2c(c(C)c(C)n2C)c2c(C)cc(C)nc12. The van der Waals surface area contributed by atoms with E-state index in [-0.39, 0.29) is 0 Å². The van der Waals surface area contributed by atoms with Gasteiger partial charge in [0.05, 0.1) is 12.6 Å². The van der Waals surface area contributed by atoms with Crippen molar-refractivity contribution in [2.75, 3.05) is 7.11 Å². The molecule has 0 fully saturated rings. The van der Waals surface area contributed by atoms with Gasteiger partial charge in [0.1, 0.15) is 11.3 Å². The van der Waals surface area contributed by atoms with Crippen molar-refractivity contribution in [3.05, 3.63) is 34.6 Å². The molecule has 0 aliphatic rings. The third kappa shape index (κ3) is 1.56. The van der Waals surface area contributed by atoms with E-state index in [2.05, 4.69) is 44.5 Å². The number of benzene rings is 1. The van der Waals surface area contributed by atoms with E-state index >= 15 is 0 Å². The van der Waals surface area contributed by atoms with Crippen LogP contribution in [0.5, 0.6) is 5.75 Å². The van der Waals surface area contributed by atoms with Gasteiger partial charge in [-0.25, -0.2) is 4.98 Å². The molecular weight excluding hydrogens is 248 g/mol. The summed E-state index contributed by atoms with van der Waals surface area (Å²) in [5.74, 6) is 0.847. The van der Waals surface area contributed by atoms with Crippen LogP contribution in [0.4, 0.5) is 0 Å². The lowest BCUT2D eigenvalue weighted by Gasteiger charge is -2.11. The molecule has 3 aromatic rings. The van der Waals surface area contributed by atoms with Gasteiger partial charge in [0.2, 0.25) is 0 Å². The summed E-state index contributed by atoms with van der Waals surface area (Å²) in [5, 5.41) is 2.51. The molecule has 0 aliphatic carbocycles. The molecule has 2 aromatic heterocycles. The van der Waals surface area contributed by atoms with E-state index < -0.39 is 0 Å². The lowest BCUT2D eigenvalue weighted by Crippen LogP contribution is -1.95. The molecular formula is C17H20N2O. The molecule has 0 unspecified atom stereocenters. The summed E-state index contributed by atoms with van der Waals surface area (Å²) in [5.41, 5.74) is 7.06. The second-order valence-corrected chi connectivity index (χ2v) is 5.55. The zero-order chi connectivity index (χ0) is 14.6. The van der Waals surface area contributed by atoms with Gasteiger partial charge in [0, 0.05) is 35.3 Å². The number of pyridine rings is 1. The molecule has 0 bridgehead atoms. The highest BCUT2D eigenvalue weighted by atomic mass is 16.5. The molecule has 3 heteroatoms. The van der Waals surface area contributed by atoms with E-state index in [1.807, 2.05) is 6.92 Å². The fourth-order valence-electron chi connectivity index (χ4n) is 3.14. The molecule has 0 radical (unpaired) electrons. The van der Waals surface area contributed by atoms with Gasteiger partial charge >= 0.3 is 0 Å². The maximum absolute atomic E-state index is 5.57. The number of methoxy groups -OCH3 is 1. The first-order valence-corrected chi connectivity index (χ1v) is 6.86. The number of hydrogen-bond acceptors (Lipinski definition) is 2. The fourth-order valence-corrected chi connectivity index (χ4v) is 3.14. The van der Waals surface area contributed by atoms with Crippen LogP contribution < -0.4 is 4.74 Å². The van der Waals surface area contributed by atoms with E-state index in [1.165, 1.54) is 33.1 Å². The summed E-state index contributed by atoms with van der Waals surface area (Å²) in [6, 6.07) is 4.24. The van der Waals surface area contributed by atoms with Crippen molar-refractivity contribution in [1.29, 1.82) is 0 Å². The topological polar surface area (TPSA) is 27.1 Å². The Kier molecular flexibility index (Phi) is 2.75. The van der Waals surface area contributed by atoms with E-state index in [0.29, 0.717) is 0 Å². The number of nitrogens with zero attached hydrogens (tertiary/aromatic N) is 2. The molecule has 0 saturated heterocycles. The average molecular weight is 268 g/mol. The highest BCUT2D eigenvalue weighted by Crippen LogP contribution is 2.38. The van der Waals surface area contributed by atoms with Gasteiger partial charge in [-0.2, -0.15) is 0 Å². The van der Waals surface area contributed by atoms with Crippen LogP contribution >= 0.6 is 0 Å². The number of rotatable bonds is 1. The van der Waals surface area contributed by atoms with E-state index in [9.17, 15) is 0 Å². The lowest BCUT2D eigenvalue weighted by molar-refractivity contribution is 0.419. The second-order valence-electron chi connectivity index (χ2n) is 5.55. The summed E-state index contributed by atoms with van der Waals surface area (Å²) in [4.78, 5) is 4.70. The number of fused-ring (bicyclic) bond motifs is 3. The zero-order valence-electron chi connectivity index (χ0n) is 13.0. The predicted molar refractivity (Wildman–Crippen MR) is 83.7 cm³/mol. The Morgan fingerprint density at radius 2 is 1.75 bits per heavy atom. The maximum Gasteiger partial charge on any atom is 0.147 e. The minimum absolute atomic E-state index is 0.847. The molecule has 0 aliphatic heterocycles. The number of ether oxygens (including phenoxy) is 1. The van der Waals surface area contributed by atoms with Crippen LogP contribution in [0.3, 0.4) is 0 Å². The van der Waals surface area contributed by atoms with Crippen LogP contribution in [0.15, 0.2) is 12.1 Å². The second kappa shape index (κ2) is 4.23. The van der Waals surface area contributed by atoms with Crippen molar-refractivity contribution in [3.8, 4) is 5.75 Å². The van der Waals surface area contributed by atoms with E-state index in [0.717, 1.165) is 17.0 Å². The summed E-state index contributed by atoms with van der Waals surface area (Å²) < 4.78 is 7.80. The molecule has 3 nitrogen and oxygen atoms in total. The van der Waals surface area contributed by atoms with Crippen molar-refractivity contribution in [2.24, 2.45) is 7.05 Å². The van der Waals surface area contributed by atoms with Gasteiger partial charge in [-0.3, -0.25) is 0 Å². The van der Waals surface area contributed by atoms with Crippen LogP contribution in [0.25, 0.3) is 21.8 Å². The highest BCUT2D eigenvalue weighted by molar-refractivity contribution is 6.11. The van der Waals surface area contributed by atoms with Crippen LogP contribution in [-0.2, 0) is 7.05 Å². The van der Waals surface area contributed by atoms with Gasteiger partial charge in [0.25, 0.3) is 0 Å². The van der Waals surface area contributed by atoms with Gasteiger partial charge in [-0.15, -0.1) is 0 Å². The summed E-state index contributed by atoms with van der Waals surface area (Å²) in [6.45, 7) is 8.52. The first-order chi connectivity index (χ1) is 9.45. The Hall–Kier alpha value is -2.03. The van der Waals surface area contributed by atoms with Gasteiger partial charge in [-0.05, 0) is 44.9 Å². The Bertz CT molecular complexity index is 844. The van der Waals surface area contributed by atoms with Gasteiger partial charge in [0.15, 0.2) is 0 Å². The normalized spacial score (nSPS) is 11.5. The Morgan fingerprint density at radius 1 is 1.05 bits per heavy atom. The van der Waals surface area contributed by atoms with Crippen LogP contribution in [0.2, 0.25) is 0 Å². The minimum Gasteiger partial charge on any atom is -0.494 e. The third-order valence-electron chi connectivity index (χ3n) is 4.35. The first kappa shape index (κ1) is 13.0. The summed E-state index contributed by atoms with van der Waals surface area (Å²) in [7, 11) is 3.81. The highest BCUT2D eigenvalue weighted by Gasteiger charge is 2.17. The van der Waals surface area contributed by atoms with Crippen molar-refractivity contribution < 1.29 is 4.74 Å². The number of aryl methyl sites for hydroxylation is 4. The van der Waals surface area contributed by atoms with Crippen molar-refractivity contribution in [1.82, 2.24) is 9.55 Å². The minimum atomic E-state index is 0.847. The molecule has 104 valence electrons. The average Bonchev–Trinajstić information content (AvgIpc) is 2.62. The fraction of sp³-hybridized carbons (Fsp3) is 0.353. The van der Waals surface area contributed by atoms with Crippen LogP contribution in [-0.4, -0.2) is 16.7 Å². The van der Waals surface area contributed by atoms with Crippen LogP contribution in [0.1, 0.15) is 22.5 Å². The Morgan fingerprint density at radius 3 is 2.40 bits per heavy atom. The summed E-state index contributed by atoms with van der Waals surface area (Å²) >= 11 is 0. The molecule has 0 spiro atoms. The zero-order valence-corrected chi connectivity index (χ0v) is 13.0. The molecule has 0 saturated carbocycles. The van der Waals surface area contributed by atoms with Crippen LogP contribution in [0, 0.1) is 27.7 Å². The summed E-state index contributed by atoms with van der Waals surface area (Å²) in [6.07, 6.45) is 0. The monoisotopic (exact) mass is 268 g/mol. The smallest absolute Gasteiger partial charge is 0.147 e. The largest absolute Gasteiger partial charge is 0.494 e. The predicted octanol–water partition coefficient (Wildman–Crippen LogP) is 3.97. The number of hydrogen-bond donors (Lipinski definition) is 0. The lowest BCUT2D eigenvalue weighted by atomic mass is 10.0.